The van der Waals surface area contributed by atoms with Gasteiger partial charge in [0.2, 0.25) is 0 Å². The summed E-state index contributed by atoms with van der Waals surface area (Å²) in [6.45, 7) is 1.95. The normalized spacial score (nSPS) is 12.1. The van der Waals surface area contributed by atoms with Gasteiger partial charge in [0.1, 0.15) is 6.04 Å². The fourth-order valence-electron chi connectivity index (χ4n) is 1.01. The van der Waals surface area contributed by atoms with E-state index in [9.17, 15) is 0 Å². The molecule has 1 atom stereocenters. The Morgan fingerprint density at radius 3 is 2.64 bits per heavy atom. The minimum Gasteiger partial charge on any atom is -0.312 e. The molecule has 2 nitrogen and oxygen atoms in total. The molecule has 0 spiro atoms. The highest BCUT2D eigenvalue weighted by Gasteiger charge is 2.04. The lowest BCUT2D eigenvalue weighted by atomic mass is 10.0. The van der Waals surface area contributed by atoms with E-state index >= 15 is 0 Å². The van der Waals surface area contributed by atoms with Crippen molar-refractivity contribution in [3.63, 3.8) is 0 Å². The van der Waals surface area contributed by atoms with E-state index in [2.05, 4.69) is 0 Å². The maximum absolute atomic E-state index is 8.54. The molecule has 1 aromatic rings. The Labute approximate surface area is 66.3 Å². The number of rotatable bonds is 1. The Balaban J connectivity index is 3.05. The van der Waals surface area contributed by atoms with E-state index < -0.39 is 6.04 Å². The summed E-state index contributed by atoms with van der Waals surface area (Å²) in [4.78, 5) is 0. The Morgan fingerprint density at radius 1 is 1.45 bits per heavy atom. The van der Waals surface area contributed by atoms with Gasteiger partial charge < -0.3 is 5.73 Å². The van der Waals surface area contributed by atoms with E-state index in [1.807, 2.05) is 37.3 Å². The van der Waals surface area contributed by atoms with E-state index in [0.29, 0.717) is 0 Å². The lowest BCUT2D eigenvalue weighted by Crippen LogP contribution is -2.08. The minimum atomic E-state index is -0.490. The molecule has 0 fully saturated rings. The molecule has 0 radical (unpaired) electrons. The monoisotopic (exact) mass is 146 g/mol. The molecule has 56 valence electrons. The third-order valence-electron chi connectivity index (χ3n) is 1.66. The molecular formula is C9H10N2. The molecule has 2 N–H and O–H groups in total. The first kappa shape index (κ1) is 7.77. The number of hydrogen-bond donors (Lipinski definition) is 1. The number of benzene rings is 1. The van der Waals surface area contributed by atoms with Gasteiger partial charge in [-0.05, 0) is 18.1 Å². The molecule has 0 amide bonds. The molecule has 0 unspecified atom stereocenters. The van der Waals surface area contributed by atoms with Crippen molar-refractivity contribution < 1.29 is 0 Å². The van der Waals surface area contributed by atoms with Crippen LogP contribution in [0.25, 0.3) is 0 Å². The van der Waals surface area contributed by atoms with Gasteiger partial charge in [-0.15, -0.1) is 0 Å². The SMILES string of the molecule is Cc1ccccc1[C@H](N)C#N. The maximum atomic E-state index is 8.54. The van der Waals surface area contributed by atoms with E-state index in [4.69, 9.17) is 11.0 Å². The first-order valence-electron chi connectivity index (χ1n) is 3.46. The van der Waals surface area contributed by atoms with Gasteiger partial charge in [-0.25, -0.2) is 0 Å². The lowest BCUT2D eigenvalue weighted by molar-refractivity contribution is 0.914. The molecule has 0 aliphatic rings. The number of nitrogens with zero attached hydrogens (tertiary/aromatic N) is 1. The van der Waals surface area contributed by atoms with E-state index in [1.54, 1.807) is 0 Å². The second-order valence-corrected chi connectivity index (χ2v) is 2.46. The fraction of sp³-hybridized carbons (Fsp3) is 0.222. The average Bonchev–Trinajstić information content (AvgIpc) is 2.04. The van der Waals surface area contributed by atoms with Gasteiger partial charge in [0.15, 0.2) is 0 Å². The molecule has 1 rings (SSSR count). The van der Waals surface area contributed by atoms with Gasteiger partial charge in [0.25, 0.3) is 0 Å². The molecule has 2 heteroatoms. The van der Waals surface area contributed by atoms with Crippen LogP contribution >= 0.6 is 0 Å². The first-order valence-corrected chi connectivity index (χ1v) is 3.46. The van der Waals surface area contributed by atoms with Crippen molar-refractivity contribution in [2.45, 2.75) is 13.0 Å². The summed E-state index contributed by atoms with van der Waals surface area (Å²) in [5.41, 5.74) is 7.52. The van der Waals surface area contributed by atoms with Crippen LogP contribution in [0, 0.1) is 18.3 Å². The molecule has 1 aromatic carbocycles. The van der Waals surface area contributed by atoms with Crippen molar-refractivity contribution in [3.05, 3.63) is 35.4 Å². The standard InChI is InChI=1S/C9H10N2/c1-7-4-2-3-5-8(7)9(11)6-10/h2-5,9H,11H2,1H3/t9-/m1/s1. The van der Waals surface area contributed by atoms with Crippen LogP contribution < -0.4 is 5.73 Å². The summed E-state index contributed by atoms with van der Waals surface area (Å²) >= 11 is 0. The van der Waals surface area contributed by atoms with Gasteiger partial charge in [-0.1, -0.05) is 24.3 Å². The van der Waals surface area contributed by atoms with Gasteiger partial charge in [-0.2, -0.15) is 5.26 Å². The molecule has 0 aromatic heterocycles. The molecule has 0 saturated heterocycles. The van der Waals surface area contributed by atoms with E-state index in [-0.39, 0.29) is 0 Å². The molecule has 0 heterocycles. The predicted octanol–water partition coefficient (Wildman–Crippen LogP) is 1.52. The maximum Gasteiger partial charge on any atom is 0.119 e. The highest BCUT2D eigenvalue weighted by atomic mass is 14.6. The van der Waals surface area contributed by atoms with Gasteiger partial charge in [0.05, 0.1) is 6.07 Å². The zero-order valence-electron chi connectivity index (χ0n) is 6.41. The third-order valence-corrected chi connectivity index (χ3v) is 1.66. The molecule has 0 bridgehead atoms. The zero-order chi connectivity index (χ0) is 8.27. The van der Waals surface area contributed by atoms with Crippen LogP contribution in [0.15, 0.2) is 24.3 Å². The number of nitriles is 1. The quantitative estimate of drug-likeness (QED) is 0.653. The number of nitrogens with two attached hydrogens (primary N) is 1. The van der Waals surface area contributed by atoms with Crippen molar-refractivity contribution in [1.82, 2.24) is 0 Å². The summed E-state index contributed by atoms with van der Waals surface area (Å²) in [6.07, 6.45) is 0. The summed E-state index contributed by atoms with van der Waals surface area (Å²) < 4.78 is 0. The van der Waals surface area contributed by atoms with Crippen LogP contribution in [0.5, 0.6) is 0 Å². The summed E-state index contributed by atoms with van der Waals surface area (Å²) in [5, 5.41) is 8.54. The van der Waals surface area contributed by atoms with E-state index in [0.717, 1.165) is 11.1 Å². The third kappa shape index (κ3) is 1.57. The van der Waals surface area contributed by atoms with Gasteiger partial charge in [-0.3, -0.25) is 0 Å². The van der Waals surface area contributed by atoms with Crippen LogP contribution in [0.3, 0.4) is 0 Å². The summed E-state index contributed by atoms with van der Waals surface area (Å²) in [7, 11) is 0. The van der Waals surface area contributed by atoms with Crippen molar-refractivity contribution in [2.24, 2.45) is 5.73 Å². The van der Waals surface area contributed by atoms with Gasteiger partial charge in [0, 0.05) is 0 Å². The summed E-state index contributed by atoms with van der Waals surface area (Å²) in [5.74, 6) is 0. The Morgan fingerprint density at radius 2 is 2.09 bits per heavy atom. The van der Waals surface area contributed by atoms with Crippen molar-refractivity contribution in [3.8, 4) is 6.07 Å². The zero-order valence-corrected chi connectivity index (χ0v) is 6.41. The minimum absolute atomic E-state index is 0.490. The van der Waals surface area contributed by atoms with E-state index in [1.165, 1.54) is 0 Å². The first-order chi connectivity index (χ1) is 5.25. The van der Waals surface area contributed by atoms with Crippen molar-refractivity contribution >= 4 is 0 Å². The van der Waals surface area contributed by atoms with Crippen LogP contribution in [0.4, 0.5) is 0 Å². The van der Waals surface area contributed by atoms with Crippen LogP contribution in [0.2, 0.25) is 0 Å². The Hall–Kier alpha value is -1.33. The van der Waals surface area contributed by atoms with Crippen LogP contribution in [-0.2, 0) is 0 Å². The van der Waals surface area contributed by atoms with Crippen LogP contribution in [0.1, 0.15) is 17.2 Å². The highest BCUT2D eigenvalue weighted by Crippen LogP contribution is 2.13. The van der Waals surface area contributed by atoms with Crippen LogP contribution in [-0.4, -0.2) is 0 Å². The lowest BCUT2D eigenvalue weighted by Gasteiger charge is -2.05. The Bertz CT molecular complexity index is 286. The largest absolute Gasteiger partial charge is 0.312 e. The molecule has 11 heavy (non-hydrogen) atoms. The fourth-order valence-corrected chi connectivity index (χ4v) is 1.01. The van der Waals surface area contributed by atoms with Crippen molar-refractivity contribution in [2.75, 3.05) is 0 Å². The molecule has 0 aliphatic carbocycles. The highest BCUT2D eigenvalue weighted by molar-refractivity contribution is 5.31. The second kappa shape index (κ2) is 3.18. The summed E-state index contributed by atoms with van der Waals surface area (Å²) in [6, 6.07) is 9.16. The van der Waals surface area contributed by atoms with Crippen molar-refractivity contribution in [1.29, 1.82) is 5.26 Å². The number of aryl methyl sites for hydroxylation is 1. The predicted molar refractivity (Wildman–Crippen MR) is 43.7 cm³/mol. The molecule has 0 aliphatic heterocycles. The smallest absolute Gasteiger partial charge is 0.119 e. The molecular weight excluding hydrogens is 136 g/mol. The topological polar surface area (TPSA) is 49.8 Å². The average molecular weight is 146 g/mol. The van der Waals surface area contributed by atoms with Gasteiger partial charge >= 0.3 is 0 Å². The number of hydrogen-bond acceptors (Lipinski definition) is 2. The Kier molecular flexibility index (Phi) is 2.25. The second-order valence-electron chi connectivity index (χ2n) is 2.46. The molecule has 0 saturated carbocycles.